The molecule has 0 aliphatic carbocycles. The van der Waals surface area contributed by atoms with E-state index in [1.54, 1.807) is 0 Å². The third kappa shape index (κ3) is 1.95. The van der Waals surface area contributed by atoms with Crippen molar-refractivity contribution in [2.75, 3.05) is 0 Å². The highest BCUT2D eigenvalue weighted by Crippen LogP contribution is 2.35. The van der Waals surface area contributed by atoms with Crippen LogP contribution in [0, 0.1) is 6.92 Å². The van der Waals surface area contributed by atoms with E-state index in [1.165, 1.54) is 38.2 Å². The molecule has 0 aliphatic heterocycles. The zero-order valence-corrected chi connectivity index (χ0v) is 13.4. The second-order valence-corrected chi connectivity index (χ2v) is 6.34. The topological polar surface area (TPSA) is 13.1 Å². The Morgan fingerprint density at radius 3 is 2.29 bits per heavy atom. The Kier molecular flexibility index (Phi) is 2.77. The van der Waals surface area contributed by atoms with Gasteiger partial charge in [-0.2, -0.15) is 0 Å². The molecule has 0 saturated carbocycles. The van der Waals surface area contributed by atoms with Gasteiger partial charge in [0, 0.05) is 10.8 Å². The summed E-state index contributed by atoms with van der Waals surface area (Å²) in [4.78, 5) is 0. The summed E-state index contributed by atoms with van der Waals surface area (Å²) in [7, 11) is 0. The van der Waals surface area contributed by atoms with Crippen LogP contribution in [0.2, 0.25) is 0 Å². The van der Waals surface area contributed by atoms with Crippen molar-refractivity contribution < 1.29 is 4.42 Å². The number of furan rings is 1. The third-order valence-electron chi connectivity index (χ3n) is 4.69. The number of fused-ring (bicyclic) bond motifs is 4. The van der Waals surface area contributed by atoms with E-state index in [1.807, 2.05) is 12.1 Å². The van der Waals surface area contributed by atoms with Crippen molar-refractivity contribution in [3.8, 4) is 11.1 Å². The van der Waals surface area contributed by atoms with E-state index in [0.717, 1.165) is 11.2 Å². The van der Waals surface area contributed by atoms with E-state index in [-0.39, 0.29) is 0 Å². The average molecular weight is 308 g/mol. The minimum atomic E-state index is 0.942. The summed E-state index contributed by atoms with van der Waals surface area (Å²) < 4.78 is 5.95. The standard InChI is InChI=1S/C23H16O/c1-15-12-16-6-2-3-7-18(16)20(13-15)17-10-11-23-21(14-17)19-8-4-5-9-22(19)24-23/h2-14H,1H3. The first-order valence-electron chi connectivity index (χ1n) is 8.21. The number of benzene rings is 4. The molecule has 1 aromatic heterocycles. The van der Waals surface area contributed by atoms with Gasteiger partial charge in [0.2, 0.25) is 0 Å². The summed E-state index contributed by atoms with van der Waals surface area (Å²) >= 11 is 0. The molecule has 0 N–H and O–H groups in total. The summed E-state index contributed by atoms with van der Waals surface area (Å²) in [5.74, 6) is 0. The number of rotatable bonds is 1. The molecule has 5 rings (SSSR count). The van der Waals surface area contributed by atoms with Crippen molar-refractivity contribution in [1.82, 2.24) is 0 Å². The Morgan fingerprint density at radius 1 is 0.625 bits per heavy atom. The molecule has 1 nitrogen and oxygen atoms in total. The van der Waals surface area contributed by atoms with Gasteiger partial charge < -0.3 is 4.42 Å². The SMILES string of the molecule is Cc1cc(-c2ccc3oc4ccccc4c3c2)c2ccccc2c1. The lowest BCUT2D eigenvalue weighted by Crippen LogP contribution is -1.84. The molecule has 0 amide bonds. The van der Waals surface area contributed by atoms with Gasteiger partial charge in [-0.1, -0.05) is 60.7 Å². The van der Waals surface area contributed by atoms with Crippen LogP contribution in [0.3, 0.4) is 0 Å². The minimum absolute atomic E-state index is 0.942. The molecule has 114 valence electrons. The second-order valence-electron chi connectivity index (χ2n) is 6.34. The lowest BCUT2D eigenvalue weighted by atomic mass is 9.95. The van der Waals surface area contributed by atoms with Crippen molar-refractivity contribution >= 4 is 32.7 Å². The van der Waals surface area contributed by atoms with Crippen molar-refractivity contribution in [3.05, 3.63) is 84.4 Å². The van der Waals surface area contributed by atoms with Gasteiger partial charge in [-0.05, 0) is 52.6 Å². The zero-order chi connectivity index (χ0) is 16.1. The van der Waals surface area contributed by atoms with Crippen LogP contribution >= 0.6 is 0 Å². The lowest BCUT2D eigenvalue weighted by molar-refractivity contribution is 0.669. The minimum Gasteiger partial charge on any atom is -0.456 e. The van der Waals surface area contributed by atoms with E-state index in [4.69, 9.17) is 4.42 Å². The van der Waals surface area contributed by atoms with E-state index in [0.29, 0.717) is 0 Å². The molecular formula is C23H16O. The van der Waals surface area contributed by atoms with Crippen LogP contribution < -0.4 is 0 Å². The van der Waals surface area contributed by atoms with Gasteiger partial charge in [-0.3, -0.25) is 0 Å². The molecule has 0 fully saturated rings. The van der Waals surface area contributed by atoms with Crippen LogP contribution in [0.25, 0.3) is 43.8 Å². The Morgan fingerprint density at radius 2 is 1.38 bits per heavy atom. The maximum Gasteiger partial charge on any atom is 0.135 e. The first-order valence-corrected chi connectivity index (χ1v) is 8.21. The summed E-state index contributed by atoms with van der Waals surface area (Å²) in [5, 5.41) is 4.92. The van der Waals surface area contributed by atoms with Gasteiger partial charge in [0.1, 0.15) is 11.2 Å². The molecule has 0 bridgehead atoms. The predicted molar refractivity (Wildman–Crippen MR) is 101 cm³/mol. The molecule has 0 unspecified atom stereocenters. The van der Waals surface area contributed by atoms with Crippen LogP contribution in [0.1, 0.15) is 5.56 Å². The Hall–Kier alpha value is -3.06. The molecule has 0 aliphatic rings. The number of para-hydroxylation sites is 1. The smallest absolute Gasteiger partial charge is 0.135 e. The Labute approximate surface area is 140 Å². The van der Waals surface area contributed by atoms with Crippen molar-refractivity contribution in [2.45, 2.75) is 6.92 Å². The van der Waals surface area contributed by atoms with Crippen molar-refractivity contribution in [2.24, 2.45) is 0 Å². The summed E-state index contributed by atoms with van der Waals surface area (Å²) in [5.41, 5.74) is 5.67. The third-order valence-corrected chi connectivity index (χ3v) is 4.69. The molecular weight excluding hydrogens is 292 g/mol. The Bertz CT molecular complexity index is 1210. The van der Waals surface area contributed by atoms with E-state index in [9.17, 15) is 0 Å². The second kappa shape index (κ2) is 4.97. The van der Waals surface area contributed by atoms with E-state index < -0.39 is 0 Å². The quantitative estimate of drug-likeness (QED) is 0.335. The molecule has 5 aromatic rings. The molecule has 1 heteroatoms. The van der Waals surface area contributed by atoms with Gasteiger partial charge >= 0.3 is 0 Å². The highest BCUT2D eigenvalue weighted by molar-refractivity contribution is 6.07. The number of hydrogen-bond donors (Lipinski definition) is 0. The lowest BCUT2D eigenvalue weighted by Gasteiger charge is -2.09. The largest absolute Gasteiger partial charge is 0.456 e. The maximum absolute atomic E-state index is 5.95. The molecule has 0 atom stereocenters. The van der Waals surface area contributed by atoms with Crippen LogP contribution in [0.5, 0.6) is 0 Å². The Balaban J connectivity index is 1.85. The van der Waals surface area contributed by atoms with Crippen molar-refractivity contribution in [3.63, 3.8) is 0 Å². The first-order chi connectivity index (χ1) is 11.8. The average Bonchev–Trinajstić information content (AvgIpc) is 2.99. The van der Waals surface area contributed by atoms with Gasteiger partial charge in [0.15, 0.2) is 0 Å². The summed E-state index contributed by atoms with van der Waals surface area (Å²) in [6.45, 7) is 2.15. The van der Waals surface area contributed by atoms with Gasteiger partial charge in [0.25, 0.3) is 0 Å². The van der Waals surface area contributed by atoms with Crippen molar-refractivity contribution in [1.29, 1.82) is 0 Å². The fourth-order valence-corrected chi connectivity index (χ4v) is 3.59. The highest BCUT2D eigenvalue weighted by atomic mass is 16.3. The van der Waals surface area contributed by atoms with E-state index >= 15 is 0 Å². The predicted octanol–water partition coefficient (Wildman–Crippen LogP) is 6.71. The first kappa shape index (κ1) is 13.4. The molecule has 24 heavy (non-hydrogen) atoms. The van der Waals surface area contributed by atoms with E-state index in [2.05, 4.69) is 73.7 Å². The molecule has 0 spiro atoms. The fourth-order valence-electron chi connectivity index (χ4n) is 3.59. The number of aryl methyl sites for hydroxylation is 1. The molecule has 1 heterocycles. The van der Waals surface area contributed by atoms with Crippen LogP contribution in [-0.4, -0.2) is 0 Å². The molecule has 4 aromatic carbocycles. The zero-order valence-electron chi connectivity index (χ0n) is 13.4. The summed E-state index contributed by atoms with van der Waals surface area (Å²) in [6.07, 6.45) is 0. The summed E-state index contributed by atoms with van der Waals surface area (Å²) in [6, 6.07) is 27.8. The van der Waals surface area contributed by atoms with Crippen LogP contribution in [-0.2, 0) is 0 Å². The van der Waals surface area contributed by atoms with Crippen LogP contribution in [0.15, 0.2) is 83.3 Å². The number of hydrogen-bond acceptors (Lipinski definition) is 1. The van der Waals surface area contributed by atoms with Crippen LogP contribution in [0.4, 0.5) is 0 Å². The maximum atomic E-state index is 5.95. The monoisotopic (exact) mass is 308 g/mol. The van der Waals surface area contributed by atoms with Gasteiger partial charge in [0.05, 0.1) is 0 Å². The fraction of sp³-hybridized carbons (Fsp3) is 0.0435. The molecule has 0 saturated heterocycles. The van der Waals surface area contributed by atoms with Gasteiger partial charge in [-0.25, -0.2) is 0 Å². The normalized spacial score (nSPS) is 11.5. The highest BCUT2D eigenvalue weighted by Gasteiger charge is 2.10. The molecule has 0 radical (unpaired) electrons. The van der Waals surface area contributed by atoms with Gasteiger partial charge in [-0.15, -0.1) is 0 Å².